The molecule has 2 aromatic carbocycles. The number of hydrogen-bond acceptors (Lipinski definition) is 4. The number of likely N-dealkylation sites (tertiary alicyclic amines) is 1. The summed E-state index contributed by atoms with van der Waals surface area (Å²) in [6, 6.07) is 13.4. The van der Waals surface area contributed by atoms with Gasteiger partial charge in [0.15, 0.2) is 5.78 Å². The molecule has 2 aromatic rings. The SMILES string of the molecule is CCCCCCCCC(=O)OC1(c2ccc(Cl)cc2)CCN(CCCC(=O)c2ccc(F)cc2)CC1. The third-order valence-corrected chi connectivity index (χ3v) is 7.37. The number of halogens is 2. The Hall–Kier alpha value is -2.24. The fourth-order valence-corrected chi connectivity index (χ4v) is 5.03. The fourth-order valence-electron chi connectivity index (χ4n) is 4.90. The van der Waals surface area contributed by atoms with Gasteiger partial charge in [-0.3, -0.25) is 9.59 Å². The minimum Gasteiger partial charge on any atom is -0.454 e. The van der Waals surface area contributed by atoms with Gasteiger partial charge in [0.05, 0.1) is 0 Å². The first-order chi connectivity index (χ1) is 17.4. The van der Waals surface area contributed by atoms with Crippen molar-refractivity contribution in [1.29, 1.82) is 0 Å². The van der Waals surface area contributed by atoms with Crippen molar-refractivity contribution >= 4 is 23.4 Å². The summed E-state index contributed by atoms with van der Waals surface area (Å²) in [5.74, 6) is -0.429. The molecule has 0 aliphatic carbocycles. The lowest BCUT2D eigenvalue weighted by atomic mass is 9.84. The zero-order valence-corrected chi connectivity index (χ0v) is 22.2. The van der Waals surface area contributed by atoms with Gasteiger partial charge in [-0.1, -0.05) is 62.8 Å². The number of unbranched alkanes of at least 4 members (excludes halogenated alkanes) is 5. The van der Waals surface area contributed by atoms with Crippen LogP contribution in [-0.4, -0.2) is 36.3 Å². The van der Waals surface area contributed by atoms with Gasteiger partial charge in [-0.25, -0.2) is 4.39 Å². The van der Waals surface area contributed by atoms with Gasteiger partial charge in [-0.05, 0) is 61.3 Å². The van der Waals surface area contributed by atoms with E-state index in [0.717, 1.165) is 44.5 Å². The van der Waals surface area contributed by atoms with E-state index in [2.05, 4.69) is 11.8 Å². The second-order valence-corrected chi connectivity index (χ2v) is 10.3. The molecule has 0 N–H and O–H groups in total. The van der Waals surface area contributed by atoms with E-state index < -0.39 is 5.60 Å². The van der Waals surface area contributed by atoms with Crippen LogP contribution >= 0.6 is 11.6 Å². The molecule has 1 saturated heterocycles. The number of rotatable bonds is 14. The van der Waals surface area contributed by atoms with Gasteiger partial charge in [0.1, 0.15) is 11.4 Å². The summed E-state index contributed by atoms with van der Waals surface area (Å²) in [6.07, 6.45) is 9.84. The van der Waals surface area contributed by atoms with Crippen LogP contribution in [0.25, 0.3) is 0 Å². The Labute approximate surface area is 220 Å². The van der Waals surface area contributed by atoms with Crippen molar-refractivity contribution in [3.8, 4) is 0 Å². The molecule has 0 bridgehead atoms. The number of hydrogen-bond donors (Lipinski definition) is 0. The third kappa shape index (κ3) is 8.70. The fraction of sp³-hybridized carbons (Fsp3) is 0.533. The van der Waals surface area contributed by atoms with Gasteiger partial charge in [0.25, 0.3) is 0 Å². The number of ketones is 1. The molecular formula is C30H39ClFNO3. The monoisotopic (exact) mass is 515 g/mol. The first-order valence-electron chi connectivity index (χ1n) is 13.4. The van der Waals surface area contributed by atoms with Crippen molar-refractivity contribution in [1.82, 2.24) is 4.90 Å². The van der Waals surface area contributed by atoms with Crippen molar-refractivity contribution < 1.29 is 18.7 Å². The number of esters is 1. The second kappa shape index (κ2) is 14.5. The van der Waals surface area contributed by atoms with Gasteiger partial charge in [-0.2, -0.15) is 0 Å². The number of piperidine rings is 1. The van der Waals surface area contributed by atoms with Crippen molar-refractivity contribution in [2.24, 2.45) is 0 Å². The number of ether oxygens (including phenoxy) is 1. The van der Waals surface area contributed by atoms with Gasteiger partial charge in [0, 0.05) is 49.4 Å². The van der Waals surface area contributed by atoms with E-state index in [9.17, 15) is 14.0 Å². The molecule has 36 heavy (non-hydrogen) atoms. The zero-order chi connectivity index (χ0) is 25.8. The molecule has 0 spiro atoms. The van der Waals surface area contributed by atoms with Crippen LogP contribution < -0.4 is 0 Å². The van der Waals surface area contributed by atoms with Crippen LogP contribution in [-0.2, 0) is 15.1 Å². The second-order valence-electron chi connectivity index (χ2n) is 9.87. The normalized spacial score (nSPS) is 15.5. The number of nitrogens with zero attached hydrogens (tertiary/aromatic N) is 1. The Morgan fingerprint density at radius 3 is 2.19 bits per heavy atom. The summed E-state index contributed by atoms with van der Waals surface area (Å²) in [7, 11) is 0. The van der Waals surface area contributed by atoms with Crippen LogP contribution in [0, 0.1) is 5.82 Å². The maximum Gasteiger partial charge on any atom is 0.306 e. The van der Waals surface area contributed by atoms with Crippen molar-refractivity contribution in [2.45, 2.75) is 83.2 Å². The lowest BCUT2D eigenvalue weighted by Crippen LogP contribution is -2.45. The van der Waals surface area contributed by atoms with E-state index in [1.165, 1.54) is 37.8 Å². The van der Waals surface area contributed by atoms with E-state index in [1.807, 2.05) is 24.3 Å². The molecule has 0 unspecified atom stereocenters. The lowest BCUT2D eigenvalue weighted by molar-refractivity contribution is -0.167. The summed E-state index contributed by atoms with van der Waals surface area (Å²) in [4.78, 5) is 27.5. The summed E-state index contributed by atoms with van der Waals surface area (Å²) in [5, 5.41) is 0.663. The van der Waals surface area contributed by atoms with Crippen LogP contribution in [0.1, 0.15) is 93.5 Å². The Bertz CT molecular complexity index is 953. The Morgan fingerprint density at radius 1 is 0.889 bits per heavy atom. The molecular weight excluding hydrogens is 477 g/mol. The molecule has 0 amide bonds. The van der Waals surface area contributed by atoms with Crippen LogP contribution in [0.3, 0.4) is 0 Å². The molecule has 4 nitrogen and oxygen atoms in total. The molecule has 1 aliphatic rings. The molecule has 0 aromatic heterocycles. The molecule has 0 atom stereocenters. The Morgan fingerprint density at radius 2 is 1.53 bits per heavy atom. The predicted octanol–water partition coefficient (Wildman–Crippen LogP) is 7.73. The number of carbonyl (C=O) groups excluding carboxylic acids is 2. The summed E-state index contributed by atoms with van der Waals surface area (Å²) >= 11 is 6.12. The molecule has 1 heterocycles. The van der Waals surface area contributed by atoms with Gasteiger partial charge in [-0.15, -0.1) is 0 Å². The maximum atomic E-state index is 13.1. The number of Topliss-reactive ketones (excluding diaryl/α,β-unsaturated/α-hetero) is 1. The quantitative estimate of drug-likeness (QED) is 0.147. The average molecular weight is 516 g/mol. The summed E-state index contributed by atoms with van der Waals surface area (Å²) in [5.41, 5.74) is 0.910. The van der Waals surface area contributed by atoms with E-state index in [-0.39, 0.29) is 17.6 Å². The molecule has 0 radical (unpaired) electrons. The van der Waals surface area contributed by atoms with Crippen LogP contribution in [0.2, 0.25) is 5.02 Å². The summed E-state index contributed by atoms with van der Waals surface area (Å²) < 4.78 is 19.3. The highest BCUT2D eigenvalue weighted by atomic mass is 35.5. The van der Waals surface area contributed by atoms with E-state index in [0.29, 0.717) is 36.3 Å². The first-order valence-corrected chi connectivity index (χ1v) is 13.8. The standard InChI is InChI=1S/C30H39ClFNO3/c1-2-3-4-5-6-7-10-29(35)36-30(25-13-15-26(31)16-14-25)19-22-33(23-20-30)21-8-9-28(34)24-11-17-27(32)18-12-24/h11-18H,2-10,19-23H2,1H3. The van der Waals surface area contributed by atoms with E-state index >= 15 is 0 Å². The smallest absolute Gasteiger partial charge is 0.306 e. The highest BCUT2D eigenvalue weighted by molar-refractivity contribution is 6.30. The lowest BCUT2D eigenvalue weighted by Gasteiger charge is -2.41. The average Bonchev–Trinajstić information content (AvgIpc) is 2.88. The number of carbonyl (C=O) groups is 2. The highest BCUT2D eigenvalue weighted by Crippen LogP contribution is 2.38. The van der Waals surface area contributed by atoms with Crippen molar-refractivity contribution in [3.05, 3.63) is 70.5 Å². The van der Waals surface area contributed by atoms with E-state index in [1.54, 1.807) is 12.1 Å². The summed E-state index contributed by atoms with van der Waals surface area (Å²) in [6.45, 7) is 4.58. The molecule has 3 rings (SSSR count). The molecule has 6 heteroatoms. The molecule has 1 fully saturated rings. The molecule has 196 valence electrons. The van der Waals surface area contributed by atoms with Crippen molar-refractivity contribution in [2.75, 3.05) is 19.6 Å². The van der Waals surface area contributed by atoms with Gasteiger partial charge < -0.3 is 9.64 Å². The molecule has 1 aliphatic heterocycles. The van der Waals surface area contributed by atoms with Crippen molar-refractivity contribution in [3.63, 3.8) is 0 Å². The Balaban J connectivity index is 1.51. The van der Waals surface area contributed by atoms with E-state index in [4.69, 9.17) is 16.3 Å². The predicted molar refractivity (Wildman–Crippen MR) is 143 cm³/mol. The maximum absolute atomic E-state index is 13.1. The minimum atomic E-state index is -0.635. The zero-order valence-electron chi connectivity index (χ0n) is 21.4. The molecule has 0 saturated carbocycles. The third-order valence-electron chi connectivity index (χ3n) is 7.12. The van der Waals surface area contributed by atoms with Crippen LogP contribution in [0.4, 0.5) is 4.39 Å². The Kier molecular flexibility index (Phi) is 11.4. The van der Waals surface area contributed by atoms with Gasteiger partial charge >= 0.3 is 5.97 Å². The topological polar surface area (TPSA) is 46.6 Å². The largest absolute Gasteiger partial charge is 0.454 e. The highest BCUT2D eigenvalue weighted by Gasteiger charge is 2.39. The van der Waals surface area contributed by atoms with Crippen LogP contribution in [0.15, 0.2) is 48.5 Å². The first kappa shape index (κ1) is 28.3. The van der Waals surface area contributed by atoms with Crippen LogP contribution in [0.5, 0.6) is 0 Å². The van der Waals surface area contributed by atoms with Gasteiger partial charge in [0.2, 0.25) is 0 Å². The number of benzene rings is 2. The minimum absolute atomic E-state index is 0.0335.